The summed E-state index contributed by atoms with van der Waals surface area (Å²) in [6.45, 7) is 2.71. The summed E-state index contributed by atoms with van der Waals surface area (Å²) in [6.07, 6.45) is -4.67. The van der Waals surface area contributed by atoms with Crippen LogP contribution >= 0.6 is 23.2 Å². The van der Waals surface area contributed by atoms with Gasteiger partial charge in [-0.05, 0) is 67.8 Å². The van der Waals surface area contributed by atoms with E-state index in [0.717, 1.165) is 11.6 Å². The lowest BCUT2D eigenvalue weighted by atomic mass is 10.1. The first-order valence-electron chi connectivity index (χ1n) is 14.0. The molecule has 0 aromatic heterocycles. The number of anilines is 1. The second kappa shape index (κ2) is 17.6. The van der Waals surface area contributed by atoms with Crippen molar-refractivity contribution in [2.75, 3.05) is 38.2 Å². The van der Waals surface area contributed by atoms with Crippen molar-refractivity contribution >= 4 is 40.9 Å². The van der Waals surface area contributed by atoms with Crippen molar-refractivity contribution in [1.82, 2.24) is 4.90 Å². The summed E-state index contributed by atoms with van der Waals surface area (Å²) in [7, 11) is 0. The average Bonchev–Trinajstić information content (AvgIpc) is 2.96. The van der Waals surface area contributed by atoms with Crippen LogP contribution in [0.1, 0.15) is 25.3 Å². The van der Waals surface area contributed by atoms with Crippen LogP contribution in [0.15, 0.2) is 66.7 Å². The maximum Gasteiger partial charge on any atom is 0.573 e. The highest BCUT2D eigenvalue weighted by molar-refractivity contribution is 6.34. The summed E-state index contributed by atoms with van der Waals surface area (Å²) in [5, 5.41) is 12.6. The van der Waals surface area contributed by atoms with E-state index in [1.807, 2.05) is 0 Å². The van der Waals surface area contributed by atoms with Crippen molar-refractivity contribution in [3.63, 3.8) is 0 Å². The molecule has 0 bridgehead atoms. The predicted octanol–water partition coefficient (Wildman–Crippen LogP) is 7.70. The number of carbonyl (C=O) groups is 2. The number of nitrogens with one attached hydrogen (secondary N) is 1. The first-order chi connectivity index (χ1) is 21.4. The lowest BCUT2D eigenvalue weighted by molar-refractivity contribution is -0.274. The number of hydrogen-bond acceptors (Lipinski definition) is 6. The molecule has 45 heavy (non-hydrogen) atoms. The molecule has 0 heterocycles. The molecule has 0 radical (unpaired) electrons. The molecule has 244 valence electrons. The van der Waals surface area contributed by atoms with Gasteiger partial charge in [-0.1, -0.05) is 47.5 Å². The van der Waals surface area contributed by atoms with E-state index >= 15 is 0 Å². The Morgan fingerprint density at radius 1 is 0.911 bits per heavy atom. The molecule has 0 aliphatic carbocycles. The van der Waals surface area contributed by atoms with Crippen LogP contribution in [0.25, 0.3) is 0 Å². The third-order valence-corrected chi connectivity index (χ3v) is 6.62. The van der Waals surface area contributed by atoms with Crippen LogP contribution in [0, 0.1) is 0 Å². The van der Waals surface area contributed by atoms with Crippen molar-refractivity contribution < 1.29 is 46.8 Å². The SMILES string of the molecule is CCOC(Cc1ccc(OCCN(CCCCOc2cc(Cl)cc(Cl)c2)C(=O)Nc2ccccc2OC(F)(F)F)cc1)C(=O)O. The fraction of sp³-hybridized carbons (Fsp3) is 0.355. The number of hydrogen-bond donors (Lipinski definition) is 2. The van der Waals surface area contributed by atoms with Gasteiger partial charge in [0.15, 0.2) is 11.9 Å². The number of carboxylic acids is 1. The van der Waals surface area contributed by atoms with Crippen LogP contribution in [-0.4, -0.2) is 67.4 Å². The number of ether oxygens (including phenoxy) is 4. The van der Waals surface area contributed by atoms with Gasteiger partial charge < -0.3 is 34.3 Å². The van der Waals surface area contributed by atoms with Crippen LogP contribution in [0.2, 0.25) is 10.0 Å². The highest BCUT2D eigenvalue weighted by Gasteiger charge is 2.32. The molecule has 2 N–H and O–H groups in total. The maximum atomic E-state index is 13.2. The fourth-order valence-corrected chi connectivity index (χ4v) is 4.63. The zero-order valence-electron chi connectivity index (χ0n) is 24.3. The summed E-state index contributed by atoms with van der Waals surface area (Å²) >= 11 is 12.0. The van der Waals surface area contributed by atoms with E-state index in [1.54, 1.807) is 49.4 Å². The molecule has 3 rings (SSSR count). The zero-order valence-corrected chi connectivity index (χ0v) is 25.8. The number of carbonyl (C=O) groups excluding carboxylic acids is 1. The quantitative estimate of drug-likeness (QED) is 0.142. The normalized spacial score (nSPS) is 11.9. The van der Waals surface area contributed by atoms with Gasteiger partial charge in [-0.15, -0.1) is 13.2 Å². The maximum absolute atomic E-state index is 13.2. The van der Waals surface area contributed by atoms with E-state index in [4.69, 9.17) is 37.4 Å². The van der Waals surface area contributed by atoms with Crippen molar-refractivity contribution in [3.05, 3.63) is 82.3 Å². The van der Waals surface area contributed by atoms with Crippen molar-refractivity contribution in [2.24, 2.45) is 0 Å². The van der Waals surface area contributed by atoms with Crippen LogP contribution < -0.4 is 19.5 Å². The van der Waals surface area contributed by atoms with E-state index in [-0.39, 0.29) is 38.4 Å². The Bertz CT molecular complexity index is 1370. The Morgan fingerprint density at radius 3 is 2.22 bits per heavy atom. The van der Waals surface area contributed by atoms with Gasteiger partial charge in [-0.2, -0.15) is 0 Å². The number of carboxylic acid groups (broad SMARTS) is 1. The largest absolute Gasteiger partial charge is 0.573 e. The van der Waals surface area contributed by atoms with E-state index in [0.29, 0.717) is 41.0 Å². The fourth-order valence-electron chi connectivity index (χ4n) is 4.13. The third kappa shape index (κ3) is 12.9. The smallest absolute Gasteiger partial charge is 0.493 e. The van der Waals surface area contributed by atoms with Gasteiger partial charge in [-0.3, -0.25) is 0 Å². The number of urea groups is 1. The number of para-hydroxylation sites is 2. The molecule has 0 aliphatic heterocycles. The second-order valence-electron chi connectivity index (χ2n) is 9.60. The summed E-state index contributed by atoms with van der Waals surface area (Å²) in [5.41, 5.74) is 0.598. The number of benzene rings is 3. The number of nitrogens with zero attached hydrogens (tertiary/aromatic N) is 1. The molecule has 14 heteroatoms. The molecular formula is C31H33Cl2F3N2O7. The first-order valence-corrected chi connectivity index (χ1v) is 14.7. The van der Waals surface area contributed by atoms with Gasteiger partial charge in [0.2, 0.25) is 0 Å². The van der Waals surface area contributed by atoms with E-state index < -0.39 is 30.2 Å². The van der Waals surface area contributed by atoms with Crippen LogP contribution in [0.3, 0.4) is 0 Å². The Labute approximate surface area is 268 Å². The standard InChI is InChI=1S/C31H33Cl2F3N2O7/c1-2-42-28(29(39)40)17-21-9-11-24(12-10-21)44-16-14-38(13-5-6-15-43-25-19-22(32)18-23(33)20-25)30(41)37-26-7-3-4-8-27(26)45-31(34,35)36/h3-4,7-12,18-20,28H,2,5-6,13-17H2,1H3,(H,37,41)(H,39,40). The summed E-state index contributed by atoms with van der Waals surface area (Å²) in [4.78, 5) is 26.0. The summed E-state index contributed by atoms with van der Waals surface area (Å²) in [5.74, 6) is -0.611. The van der Waals surface area contributed by atoms with Crippen LogP contribution in [0.5, 0.6) is 17.2 Å². The molecule has 3 aromatic rings. The van der Waals surface area contributed by atoms with Crippen molar-refractivity contribution in [3.8, 4) is 17.2 Å². The molecule has 0 saturated heterocycles. The summed E-state index contributed by atoms with van der Waals surface area (Å²) in [6, 6.07) is 16.2. The van der Waals surface area contributed by atoms with Gasteiger partial charge in [-0.25, -0.2) is 9.59 Å². The Kier molecular flexibility index (Phi) is 13.9. The number of unbranched alkanes of at least 4 members (excludes halogenated alkanes) is 1. The van der Waals surface area contributed by atoms with Crippen LogP contribution in [-0.2, 0) is 16.0 Å². The lowest BCUT2D eigenvalue weighted by Gasteiger charge is -2.24. The molecule has 2 amide bonds. The minimum atomic E-state index is -4.94. The lowest BCUT2D eigenvalue weighted by Crippen LogP contribution is -2.39. The molecule has 0 saturated carbocycles. The Morgan fingerprint density at radius 2 is 1.58 bits per heavy atom. The second-order valence-corrected chi connectivity index (χ2v) is 10.5. The number of alkyl halides is 3. The first kappa shape index (κ1) is 35.6. The third-order valence-electron chi connectivity index (χ3n) is 6.19. The molecular weight excluding hydrogens is 640 g/mol. The number of aliphatic carboxylic acids is 1. The van der Waals surface area contributed by atoms with Crippen molar-refractivity contribution in [2.45, 2.75) is 38.7 Å². The summed E-state index contributed by atoms with van der Waals surface area (Å²) < 4.78 is 59.4. The van der Waals surface area contributed by atoms with E-state index in [1.165, 1.54) is 23.1 Å². The Balaban J connectivity index is 1.60. The monoisotopic (exact) mass is 672 g/mol. The van der Waals surface area contributed by atoms with Crippen LogP contribution in [0.4, 0.5) is 23.7 Å². The van der Waals surface area contributed by atoms with Gasteiger partial charge in [0, 0.05) is 29.6 Å². The minimum Gasteiger partial charge on any atom is -0.493 e. The van der Waals surface area contributed by atoms with Gasteiger partial charge >= 0.3 is 18.4 Å². The topological polar surface area (TPSA) is 107 Å². The molecule has 1 atom stereocenters. The molecule has 1 unspecified atom stereocenters. The van der Waals surface area contributed by atoms with E-state index in [2.05, 4.69) is 10.1 Å². The minimum absolute atomic E-state index is 0.0711. The zero-order chi connectivity index (χ0) is 32.8. The Hall–Kier alpha value is -3.87. The molecule has 0 fully saturated rings. The van der Waals surface area contributed by atoms with Gasteiger partial charge in [0.25, 0.3) is 0 Å². The molecule has 0 aliphatic rings. The highest BCUT2D eigenvalue weighted by atomic mass is 35.5. The highest BCUT2D eigenvalue weighted by Crippen LogP contribution is 2.30. The van der Waals surface area contributed by atoms with Gasteiger partial charge in [0.1, 0.15) is 18.1 Å². The molecule has 9 nitrogen and oxygen atoms in total. The number of rotatable bonds is 17. The number of halogens is 5. The van der Waals surface area contributed by atoms with Crippen molar-refractivity contribution in [1.29, 1.82) is 0 Å². The molecule has 0 spiro atoms. The molecule has 3 aromatic carbocycles. The van der Waals surface area contributed by atoms with E-state index in [9.17, 15) is 27.9 Å². The average molecular weight is 674 g/mol. The predicted molar refractivity (Wildman–Crippen MR) is 164 cm³/mol. The number of amides is 2. The van der Waals surface area contributed by atoms with Gasteiger partial charge in [0.05, 0.1) is 18.8 Å².